The zero-order valence-electron chi connectivity index (χ0n) is 12.0. The molecule has 2 rings (SSSR count). The molecule has 0 aromatic carbocycles. The summed E-state index contributed by atoms with van der Waals surface area (Å²) in [6.45, 7) is 3.91. The van der Waals surface area contributed by atoms with Gasteiger partial charge in [0.25, 0.3) is 0 Å². The van der Waals surface area contributed by atoms with Crippen LogP contribution in [0.2, 0.25) is 0 Å². The van der Waals surface area contributed by atoms with Gasteiger partial charge in [0.2, 0.25) is 10.0 Å². The van der Waals surface area contributed by atoms with Gasteiger partial charge in [-0.25, -0.2) is 8.42 Å². The van der Waals surface area contributed by atoms with Gasteiger partial charge in [-0.2, -0.15) is 4.31 Å². The minimum absolute atomic E-state index is 0.0885. The quantitative estimate of drug-likeness (QED) is 0.805. The number of rotatable bonds is 4. The second-order valence-electron chi connectivity index (χ2n) is 4.91. The van der Waals surface area contributed by atoms with E-state index in [0.717, 1.165) is 0 Å². The van der Waals surface area contributed by atoms with Gasteiger partial charge in [0.05, 0.1) is 12.5 Å². The Bertz CT molecular complexity index is 605. The summed E-state index contributed by atoms with van der Waals surface area (Å²) >= 11 is 0. The molecule has 1 aliphatic rings. The predicted molar refractivity (Wildman–Crippen MR) is 73.8 cm³/mol. The van der Waals surface area contributed by atoms with Crippen LogP contribution in [0.1, 0.15) is 25.5 Å². The van der Waals surface area contributed by atoms with Crippen molar-refractivity contribution in [3.63, 3.8) is 0 Å². The van der Waals surface area contributed by atoms with Gasteiger partial charge in [-0.15, -0.1) is 0 Å². The van der Waals surface area contributed by atoms with E-state index in [-0.39, 0.29) is 35.6 Å². The molecule has 0 bridgehead atoms. The fourth-order valence-corrected chi connectivity index (χ4v) is 4.14. The third-order valence-electron chi connectivity index (χ3n) is 3.44. The summed E-state index contributed by atoms with van der Waals surface area (Å²) in [5, 5.41) is 3.47. The molecule has 21 heavy (non-hydrogen) atoms. The number of sulfonamides is 1. The van der Waals surface area contributed by atoms with Gasteiger partial charge < -0.3 is 15.0 Å². The molecular weight excluding hydrogens is 298 g/mol. The average molecular weight is 317 g/mol. The molecule has 0 saturated carbocycles. The van der Waals surface area contributed by atoms with Gasteiger partial charge in [0.15, 0.2) is 16.5 Å². The van der Waals surface area contributed by atoms with Crippen LogP contribution < -0.4 is 5.73 Å². The highest BCUT2D eigenvalue weighted by Crippen LogP contribution is 2.29. The van der Waals surface area contributed by atoms with Crippen LogP contribution in [0.5, 0.6) is 0 Å². The highest BCUT2D eigenvalue weighted by molar-refractivity contribution is 7.89. The Balaban J connectivity index is 2.23. The average Bonchev–Trinajstić information content (AvgIpc) is 2.79. The summed E-state index contributed by atoms with van der Waals surface area (Å²) in [5.74, 6) is -0.834. The topological polar surface area (TPSA) is 116 Å². The first-order valence-corrected chi connectivity index (χ1v) is 8.20. The van der Waals surface area contributed by atoms with Crippen molar-refractivity contribution in [2.75, 3.05) is 25.4 Å². The normalized spacial score (nSPS) is 20.4. The number of ether oxygens (including phenoxy) is 1. The molecule has 1 unspecified atom stereocenters. The van der Waals surface area contributed by atoms with Crippen molar-refractivity contribution >= 4 is 21.8 Å². The van der Waals surface area contributed by atoms with Gasteiger partial charge in [0.1, 0.15) is 0 Å². The first-order chi connectivity index (χ1) is 9.87. The van der Waals surface area contributed by atoms with E-state index in [1.807, 2.05) is 0 Å². The van der Waals surface area contributed by atoms with E-state index in [1.165, 1.54) is 11.2 Å². The number of nitrogens with two attached hydrogens (primary N) is 1. The van der Waals surface area contributed by atoms with E-state index >= 15 is 0 Å². The largest absolute Gasteiger partial charge is 0.466 e. The molecule has 0 spiro atoms. The zero-order valence-corrected chi connectivity index (χ0v) is 12.9. The molecule has 8 nitrogen and oxygen atoms in total. The number of aromatic nitrogens is 1. The summed E-state index contributed by atoms with van der Waals surface area (Å²) in [4.78, 5) is 11.7. The van der Waals surface area contributed by atoms with Crippen LogP contribution >= 0.6 is 0 Å². The summed E-state index contributed by atoms with van der Waals surface area (Å²) in [5.41, 5.74) is 5.57. The highest BCUT2D eigenvalue weighted by Gasteiger charge is 2.37. The number of nitrogen functional groups attached to an aromatic ring is 1. The second-order valence-corrected chi connectivity index (χ2v) is 6.78. The van der Waals surface area contributed by atoms with Crippen LogP contribution in [0.3, 0.4) is 0 Å². The number of nitrogens with zero attached hydrogens (tertiary/aromatic N) is 2. The van der Waals surface area contributed by atoms with Gasteiger partial charge in [-0.05, 0) is 26.7 Å². The molecule has 0 amide bonds. The molecule has 1 atom stereocenters. The number of carbonyl (C=O) groups excluding carboxylic acids is 1. The monoisotopic (exact) mass is 317 g/mol. The minimum Gasteiger partial charge on any atom is -0.466 e. The number of aryl methyl sites for hydroxylation is 1. The minimum atomic E-state index is -3.82. The first kappa shape index (κ1) is 15.8. The van der Waals surface area contributed by atoms with Crippen LogP contribution in [0.15, 0.2) is 9.42 Å². The van der Waals surface area contributed by atoms with Crippen molar-refractivity contribution in [1.29, 1.82) is 0 Å². The fraction of sp³-hybridized carbons (Fsp3) is 0.667. The van der Waals surface area contributed by atoms with Gasteiger partial charge in [-0.1, -0.05) is 5.16 Å². The number of hydrogen-bond donors (Lipinski definition) is 1. The van der Waals surface area contributed by atoms with E-state index in [4.69, 9.17) is 15.0 Å². The lowest BCUT2D eigenvalue weighted by Gasteiger charge is -2.30. The van der Waals surface area contributed by atoms with Gasteiger partial charge in [-0.3, -0.25) is 4.79 Å². The fourth-order valence-electron chi connectivity index (χ4n) is 2.44. The van der Waals surface area contributed by atoms with Crippen LogP contribution in [-0.2, 0) is 19.6 Å². The summed E-state index contributed by atoms with van der Waals surface area (Å²) in [7, 11) is -3.82. The molecule has 2 N–H and O–H groups in total. The summed E-state index contributed by atoms with van der Waals surface area (Å²) in [6.07, 6.45) is 1.20. The molecule has 2 heterocycles. The first-order valence-electron chi connectivity index (χ1n) is 6.76. The second kappa shape index (κ2) is 6.02. The Morgan fingerprint density at radius 3 is 2.86 bits per heavy atom. The Kier molecular flexibility index (Phi) is 4.52. The number of esters is 1. The van der Waals surface area contributed by atoms with Crippen molar-refractivity contribution in [1.82, 2.24) is 9.46 Å². The third-order valence-corrected chi connectivity index (χ3v) is 5.46. The molecule has 0 radical (unpaired) electrons. The Morgan fingerprint density at radius 2 is 2.29 bits per heavy atom. The molecule has 9 heteroatoms. The van der Waals surface area contributed by atoms with Crippen LogP contribution in [0, 0.1) is 12.8 Å². The molecule has 0 aliphatic carbocycles. The van der Waals surface area contributed by atoms with E-state index < -0.39 is 15.9 Å². The lowest BCUT2D eigenvalue weighted by molar-refractivity contribution is -0.149. The molecule has 118 valence electrons. The zero-order chi connectivity index (χ0) is 15.6. The molecule has 1 fully saturated rings. The van der Waals surface area contributed by atoms with Crippen LogP contribution in [0.4, 0.5) is 5.82 Å². The maximum Gasteiger partial charge on any atom is 0.310 e. The lowest BCUT2D eigenvalue weighted by atomic mass is 10.0. The van der Waals surface area contributed by atoms with Gasteiger partial charge in [0, 0.05) is 13.1 Å². The predicted octanol–water partition coefficient (Wildman–Crippen LogP) is 0.529. The van der Waals surface area contributed by atoms with E-state index in [9.17, 15) is 13.2 Å². The smallest absolute Gasteiger partial charge is 0.310 e. The van der Waals surface area contributed by atoms with Crippen molar-refractivity contribution < 1.29 is 22.5 Å². The van der Waals surface area contributed by atoms with Crippen molar-refractivity contribution in [2.24, 2.45) is 5.92 Å². The number of carbonyl (C=O) groups is 1. The van der Waals surface area contributed by atoms with Crippen molar-refractivity contribution in [3.05, 3.63) is 5.76 Å². The summed E-state index contributed by atoms with van der Waals surface area (Å²) in [6, 6.07) is 0. The molecule has 1 aromatic rings. The Hall–Kier alpha value is -1.61. The van der Waals surface area contributed by atoms with Crippen molar-refractivity contribution in [3.8, 4) is 0 Å². The SMILES string of the molecule is CCOC(=O)C1CCCN(S(=O)(=O)c2c(N)noc2C)C1. The number of anilines is 1. The molecular formula is C12H19N3O5S. The maximum atomic E-state index is 12.6. The van der Waals surface area contributed by atoms with Crippen LogP contribution in [-0.4, -0.2) is 43.5 Å². The maximum absolute atomic E-state index is 12.6. The van der Waals surface area contributed by atoms with Gasteiger partial charge >= 0.3 is 5.97 Å². The van der Waals surface area contributed by atoms with E-state index in [1.54, 1.807) is 6.92 Å². The molecule has 1 aromatic heterocycles. The van der Waals surface area contributed by atoms with E-state index in [0.29, 0.717) is 19.4 Å². The molecule has 1 saturated heterocycles. The highest BCUT2D eigenvalue weighted by atomic mass is 32.2. The summed E-state index contributed by atoms with van der Waals surface area (Å²) < 4.78 is 36.2. The number of hydrogen-bond acceptors (Lipinski definition) is 7. The number of piperidine rings is 1. The lowest BCUT2D eigenvalue weighted by Crippen LogP contribution is -2.43. The third kappa shape index (κ3) is 3.03. The van der Waals surface area contributed by atoms with Crippen molar-refractivity contribution in [2.45, 2.75) is 31.6 Å². The molecule has 1 aliphatic heterocycles. The Labute approximate surface area is 123 Å². The Morgan fingerprint density at radius 1 is 1.57 bits per heavy atom. The van der Waals surface area contributed by atoms with Crippen LogP contribution in [0.25, 0.3) is 0 Å². The standard InChI is InChI=1S/C12H19N3O5S/c1-3-19-12(16)9-5-4-6-15(7-9)21(17,18)10-8(2)20-14-11(10)13/h9H,3-7H2,1-2H3,(H2,13,14). The van der Waals surface area contributed by atoms with E-state index in [2.05, 4.69) is 5.16 Å².